The van der Waals surface area contributed by atoms with E-state index in [4.69, 9.17) is 0 Å². The molecule has 28 heavy (non-hydrogen) atoms. The van der Waals surface area contributed by atoms with Gasteiger partial charge in [-0.25, -0.2) is 4.79 Å². The van der Waals surface area contributed by atoms with Gasteiger partial charge in [0.1, 0.15) is 0 Å². The van der Waals surface area contributed by atoms with Crippen LogP contribution in [0.15, 0.2) is 35.1 Å². The number of hydrogen-bond acceptors (Lipinski definition) is 4. The number of amides is 2. The predicted molar refractivity (Wildman–Crippen MR) is 106 cm³/mol. The van der Waals surface area contributed by atoms with E-state index in [0.29, 0.717) is 31.9 Å². The Kier molecular flexibility index (Phi) is 5.92. The van der Waals surface area contributed by atoms with Gasteiger partial charge in [0.15, 0.2) is 0 Å². The Morgan fingerprint density at radius 1 is 1.18 bits per heavy atom. The molecule has 0 aliphatic carbocycles. The maximum absolute atomic E-state index is 12.5. The van der Waals surface area contributed by atoms with Gasteiger partial charge in [-0.3, -0.25) is 14.2 Å². The van der Waals surface area contributed by atoms with E-state index in [9.17, 15) is 14.4 Å². The van der Waals surface area contributed by atoms with Crippen LogP contribution >= 0.6 is 0 Å². The standard InChI is InChI=1S/C21H26N4O3/c1-14-4-6-17(7-5-14)12-24-13-18(11-19(24)26)20(27)22-8-9-25-16(3)10-15(2)23-21(25)28/h4-7,10,18H,8-9,11-13H2,1-3H3,(H,22,27). The number of nitrogens with one attached hydrogen (secondary N) is 1. The molecule has 0 saturated carbocycles. The van der Waals surface area contributed by atoms with Gasteiger partial charge < -0.3 is 10.2 Å². The van der Waals surface area contributed by atoms with Crippen LogP contribution in [-0.2, 0) is 22.7 Å². The number of likely N-dealkylation sites (tertiary alicyclic amines) is 1. The average Bonchev–Trinajstić information content (AvgIpc) is 3.00. The van der Waals surface area contributed by atoms with Gasteiger partial charge in [-0.2, -0.15) is 4.98 Å². The molecule has 148 valence electrons. The zero-order valence-corrected chi connectivity index (χ0v) is 16.6. The minimum absolute atomic E-state index is 0.00414. The lowest BCUT2D eigenvalue weighted by molar-refractivity contribution is -0.129. The summed E-state index contributed by atoms with van der Waals surface area (Å²) in [7, 11) is 0. The Hall–Kier alpha value is -2.96. The normalized spacial score (nSPS) is 16.5. The molecule has 1 fully saturated rings. The fourth-order valence-electron chi connectivity index (χ4n) is 3.50. The molecule has 7 heteroatoms. The smallest absolute Gasteiger partial charge is 0.348 e. The molecule has 2 aromatic rings. The van der Waals surface area contributed by atoms with Crippen LogP contribution < -0.4 is 11.0 Å². The average molecular weight is 382 g/mol. The molecule has 1 aromatic heterocycles. The monoisotopic (exact) mass is 382 g/mol. The minimum atomic E-state index is -0.355. The molecule has 3 rings (SSSR count). The summed E-state index contributed by atoms with van der Waals surface area (Å²) in [5.74, 6) is -0.507. The highest BCUT2D eigenvalue weighted by Gasteiger charge is 2.34. The number of aromatic nitrogens is 2. The Balaban J connectivity index is 1.52. The van der Waals surface area contributed by atoms with Crippen molar-refractivity contribution in [2.75, 3.05) is 13.1 Å². The van der Waals surface area contributed by atoms with E-state index in [1.54, 1.807) is 11.8 Å². The molecular formula is C21H26N4O3. The molecule has 7 nitrogen and oxygen atoms in total. The SMILES string of the molecule is Cc1ccc(CN2CC(C(=O)NCCn3c(C)cc(C)nc3=O)CC2=O)cc1. The van der Waals surface area contributed by atoms with Gasteiger partial charge in [-0.05, 0) is 32.4 Å². The van der Waals surface area contributed by atoms with Gasteiger partial charge in [0.05, 0.1) is 5.92 Å². The van der Waals surface area contributed by atoms with E-state index >= 15 is 0 Å². The topological polar surface area (TPSA) is 84.3 Å². The summed E-state index contributed by atoms with van der Waals surface area (Å²) < 4.78 is 1.54. The number of carbonyl (C=O) groups excluding carboxylic acids is 2. The number of rotatable bonds is 6. The van der Waals surface area contributed by atoms with Crippen molar-refractivity contribution in [1.29, 1.82) is 0 Å². The van der Waals surface area contributed by atoms with Crippen molar-refractivity contribution in [3.63, 3.8) is 0 Å². The van der Waals surface area contributed by atoms with Gasteiger partial charge in [0, 0.05) is 44.0 Å². The number of aryl methyl sites for hydroxylation is 3. The minimum Gasteiger partial charge on any atom is -0.354 e. The van der Waals surface area contributed by atoms with E-state index in [2.05, 4.69) is 10.3 Å². The van der Waals surface area contributed by atoms with Crippen molar-refractivity contribution >= 4 is 11.8 Å². The first kappa shape index (κ1) is 19.8. The lowest BCUT2D eigenvalue weighted by atomic mass is 10.1. The number of nitrogens with zero attached hydrogens (tertiary/aromatic N) is 3. The molecule has 1 N–H and O–H groups in total. The van der Waals surface area contributed by atoms with Crippen molar-refractivity contribution < 1.29 is 9.59 Å². The zero-order valence-electron chi connectivity index (χ0n) is 16.6. The molecule has 1 aliphatic rings. The van der Waals surface area contributed by atoms with Crippen LogP contribution in [0.4, 0.5) is 0 Å². The fraction of sp³-hybridized carbons (Fsp3) is 0.429. The summed E-state index contributed by atoms with van der Waals surface area (Å²) >= 11 is 0. The van der Waals surface area contributed by atoms with Crippen LogP contribution in [0.5, 0.6) is 0 Å². The Bertz CT molecular complexity index is 934. The summed E-state index contributed by atoms with van der Waals surface area (Å²) in [5.41, 5.74) is 3.41. The quantitative estimate of drug-likeness (QED) is 0.817. The third-order valence-corrected chi connectivity index (χ3v) is 5.06. The van der Waals surface area contributed by atoms with Crippen LogP contribution in [0.25, 0.3) is 0 Å². The largest absolute Gasteiger partial charge is 0.354 e. The molecule has 1 saturated heterocycles. The second-order valence-electron chi connectivity index (χ2n) is 7.43. The van der Waals surface area contributed by atoms with E-state index in [1.165, 1.54) is 10.1 Å². The van der Waals surface area contributed by atoms with Crippen molar-refractivity contribution in [2.24, 2.45) is 5.92 Å². The third kappa shape index (κ3) is 4.65. The molecule has 1 atom stereocenters. The molecule has 1 aromatic carbocycles. The van der Waals surface area contributed by atoms with Gasteiger partial charge in [-0.15, -0.1) is 0 Å². The molecule has 0 bridgehead atoms. The molecule has 1 unspecified atom stereocenters. The first-order chi connectivity index (χ1) is 13.3. The Morgan fingerprint density at radius 2 is 1.89 bits per heavy atom. The molecule has 0 spiro atoms. The molecule has 1 aliphatic heterocycles. The van der Waals surface area contributed by atoms with Crippen LogP contribution in [0.2, 0.25) is 0 Å². The van der Waals surface area contributed by atoms with E-state index in [-0.39, 0.29) is 29.8 Å². The summed E-state index contributed by atoms with van der Waals surface area (Å²) in [5, 5.41) is 2.85. The lowest BCUT2D eigenvalue weighted by Crippen LogP contribution is -2.37. The highest BCUT2D eigenvalue weighted by Crippen LogP contribution is 2.20. The Morgan fingerprint density at radius 3 is 2.57 bits per heavy atom. The van der Waals surface area contributed by atoms with E-state index in [0.717, 1.165) is 11.3 Å². The summed E-state index contributed by atoms with van der Waals surface area (Å²) in [6, 6.07) is 9.88. The molecular weight excluding hydrogens is 356 g/mol. The molecule has 0 radical (unpaired) electrons. The van der Waals surface area contributed by atoms with Gasteiger partial charge in [-0.1, -0.05) is 29.8 Å². The van der Waals surface area contributed by atoms with Crippen molar-refractivity contribution in [1.82, 2.24) is 19.8 Å². The second kappa shape index (κ2) is 8.37. The highest BCUT2D eigenvalue weighted by molar-refractivity contribution is 5.89. The number of carbonyl (C=O) groups is 2. The van der Waals surface area contributed by atoms with Crippen LogP contribution in [0.3, 0.4) is 0 Å². The Labute approximate surface area is 164 Å². The maximum Gasteiger partial charge on any atom is 0.348 e. The van der Waals surface area contributed by atoms with Crippen LogP contribution in [0.1, 0.15) is 28.9 Å². The van der Waals surface area contributed by atoms with Gasteiger partial charge >= 0.3 is 5.69 Å². The highest BCUT2D eigenvalue weighted by atomic mass is 16.2. The maximum atomic E-state index is 12.5. The summed E-state index contributed by atoms with van der Waals surface area (Å²) in [6.45, 7) is 7.27. The first-order valence-corrected chi connectivity index (χ1v) is 9.49. The van der Waals surface area contributed by atoms with Crippen molar-refractivity contribution in [3.8, 4) is 0 Å². The fourth-order valence-corrected chi connectivity index (χ4v) is 3.50. The molecule has 2 heterocycles. The number of hydrogen-bond donors (Lipinski definition) is 1. The summed E-state index contributed by atoms with van der Waals surface area (Å²) in [6.07, 6.45) is 0.225. The lowest BCUT2D eigenvalue weighted by Gasteiger charge is -2.17. The molecule has 2 amide bonds. The van der Waals surface area contributed by atoms with Gasteiger partial charge in [0.2, 0.25) is 11.8 Å². The van der Waals surface area contributed by atoms with Crippen molar-refractivity contribution in [2.45, 2.75) is 40.3 Å². The van der Waals surface area contributed by atoms with Crippen LogP contribution in [-0.4, -0.2) is 39.4 Å². The predicted octanol–water partition coefficient (Wildman–Crippen LogP) is 1.33. The van der Waals surface area contributed by atoms with E-state index < -0.39 is 0 Å². The van der Waals surface area contributed by atoms with E-state index in [1.807, 2.05) is 44.2 Å². The van der Waals surface area contributed by atoms with Gasteiger partial charge in [0.25, 0.3) is 0 Å². The zero-order chi connectivity index (χ0) is 20.3. The summed E-state index contributed by atoms with van der Waals surface area (Å²) in [4.78, 5) is 42.3. The van der Waals surface area contributed by atoms with Crippen LogP contribution in [0, 0.1) is 26.7 Å². The second-order valence-corrected chi connectivity index (χ2v) is 7.43. The first-order valence-electron chi connectivity index (χ1n) is 9.49. The van der Waals surface area contributed by atoms with Crippen molar-refractivity contribution in [3.05, 3.63) is 63.3 Å². The number of benzene rings is 1. The third-order valence-electron chi connectivity index (χ3n) is 5.06.